The van der Waals surface area contributed by atoms with Crippen LogP contribution in [0.25, 0.3) is 5.69 Å². The molecule has 0 spiro atoms. The van der Waals surface area contributed by atoms with E-state index in [-0.39, 0.29) is 24.7 Å². The number of nitrogens with one attached hydrogen (secondary N) is 1. The van der Waals surface area contributed by atoms with Crippen LogP contribution in [0.3, 0.4) is 0 Å². The minimum absolute atomic E-state index is 0.0850. The number of carbonyl (C=O) groups is 1. The molecule has 11 heteroatoms. The van der Waals surface area contributed by atoms with Crippen molar-refractivity contribution in [2.45, 2.75) is 19.0 Å². The van der Waals surface area contributed by atoms with Crippen LogP contribution in [-0.4, -0.2) is 34.1 Å². The Morgan fingerprint density at radius 1 is 0.968 bits per heavy atom. The summed E-state index contributed by atoms with van der Waals surface area (Å²) in [6.07, 6.45) is -3.97. The van der Waals surface area contributed by atoms with Crippen molar-refractivity contribution < 1.29 is 31.5 Å². The van der Waals surface area contributed by atoms with E-state index in [4.69, 9.17) is 4.74 Å². The molecule has 2 aromatic carbocycles. The van der Waals surface area contributed by atoms with Crippen LogP contribution in [0.4, 0.5) is 22.0 Å². The minimum atomic E-state index is -4.91. The highest BCUT2D eigenvalue weighted by atomic mass is 19.4. The minimum Gasteiger partial charge on any atom is -0.494 e. The molecule has 1 heterocycles. The van der Waals surface area contributed by atoms with Crippen LogP contribution in [0, 0.1) is 11.6 Å². The van der Waals surface area contributed by atoms with Crippen molar-refractivity contribution in [2.24, 2.45) is 0 Å². The maximum Gasteiger partial charge on any atom is 0.435 e. The van der Waals surface area contributed by atoms with Crippen LogP contribution in [0.2, 0.25) is 0 Å². The van der Waals surface area contributed by atoms with E-state index >= 15 is 0 Å². The first kappa shape index (κ1) is 22.2. The van der Waals surface area contributed by atoms with E-state index in [1.807, 2.05) is 0 Å². The second-order valence-electron chi connectivity index (χ2n) is 6.44. The molecule has 0 unspecified atom stereocenters. The molecule has 0 fully saturated rings. The van der Waals surface area contributed by atoms with Gasteiger partial charge in [-0.15, -0.1) is 5.10 Å². The van der Waals surface area contributed by atoms with Crippen LogP contribution >= 0.6 is 0 Å². The van der Waals surface area contributed by atoms with Crippen molar-refractivity contribution in [3.05, 3.63) is 71.6 Å². The summed E-state index contributed by atoms with van der Waals surface area (Å²) in [4.78, 5) is 12.2. The van der Waals surface area contributed by atoms with Gasteiger partial charge in [-0.25, -0.2) is 13.5 Å². The zero-order chi connectivity index (χ0) is 22.4. The monoisotopic (exact) mass is 440 g/mol. The van der Waals surface area contributed by atoms with Gasteiger partial charge in [0, 0.05) is 6.54 Å². The van der Waals surface area contributed by atoms with Gasteiger partial charge in [-0.05, 0) is 61.4 Å². The number of nitrogens with zero attached hydrogens (tertiary/aromatic N) is 3. The number of benzene rings is 2. The lowest BCUT2D eigenvalue weighted by Crippen LogP contribution is -2.28. The molecule has 0 aliphatic heterocycles. The van der Waals surface area contributed by atoms with Crippen LogP contribution in [0.1, 0.15) is 29.0 Å². The third-order valence-electron chi connectivity index (χ3n) is 4.16. The van der Waals surface area contributed by atoms with Crippen molar-refractivity contribution in [2.75, 3.05) is 13.2 Å². The van der Waals surface area contributed by atoms with Gasteiger partial charge in [0.1, 0.15) is 17.4 Å². The maximum absolute atomic E-state index is 13.5. The van der Waals surface area contributed by atoms with Crippen LogP contribution in [-0.2, 0) is 6.18 Å². The Kier molecular flexibility index (Phi) is 6.83. The molecular formula is C20H17F5N4O2. The van der Waals surface area contributed by atoms with Gasteiger partial charge in [-0.2, -0.15) is 13.2 Å². The Balaban J connectivity index is 1.57. The largest absolute Gasteiger partial charge is 0.494 e. The average molecular weight is 440 g/mol. The maximum atomic E-state index is 13.5. The van der Waals surface area contributed by atoms with Crippen molar-refractivity contribution in [3.63, 3.8) is 0 Å². The van der Waals surface area contributed by atoms with E-state index in [0.717, 1.165) is 24.3 Å². The van der Waals surface area contributed by atoms with Gasteiger partial charge in [0.25, 0.3) is 5.91 Å². The quantitative estimate of drug-likeness (QED) is 0.422. The smallest absolute Gasteiger partial charge is 0.435 e. The van der Waals surface area contributed by atoms with Crippen LogP contribution in [0.5, 0.6) is 5.75 Å². The summed E-state index contributed by atoms with van der Waals surface area (Å²) < 4.78 is 72.4. The second-order valence-corrected chi connectivity index (χ2v) is 6.44. The summed E-state index contributed by atoms with van der Waals surface area (Å²) in [5, 5.41) is 9.16. The number of ether oxygens (including phenoxy) is 1. The first-order valence-corrected chi connectivity index (χ1v) is 9.21. The van der Waals surface area contributed by atoms with Gasteiger partial charge in [0.15, 0.2) is 11.4 Å². The first-order valence-electron chi connectivity index (χ1n) is 9.21. The molecule has 0 bridgehead atoms. The number of alkyl halides is 3. The number of aromatic nitrogens is 3. The number of hydrogen-bond acceptors (Lipinski definition) is 4. The predicted molar refractivity (Wildman–Crippen MR) is 99.8 cm³/mol. The number of carbonyl (C=O) groups excluding carboxylic acids is 1. The molecule has 1 N–H and O–H groups in total. The summed E-state index contributed by atoms with van der Waals surface area (Å²) >= 11 is 0. The van der Waals surface area contributed by atoms with Crippen molar-refractivity contribution in [3.8, 4) is 11.4 Å². The van der Waals surface area contributed by atoms with Gasteiger partial charge in [0.05, 0.1) is 12.3 Å². The highest BCUT2D eigenvalue weighted by molar-refractivity contribution is 5.93. The van der Waals surface area contributed by atoms with Crippen LogP contribution in [0.15, 0.2) is 48.5 Å². The lowest BCUT2D eigenvalue weighted by molar-refractivity contribution is -0.143. The van der Waals surface area contributed by atoms with E-state index < -0.39 is 29.3 Å². The van der Waals surface area contributed by atoms with Gasteiger partial charge in [-0.3, -0.25) is 4.79 Å². The number of rotatable bonds is 8. The number of halogens is 5. The lowest BCUT2D eigenvalue weighted by atomic mass is 10.2. The molecule has 164 valence electrons. The Labute approximate surface area is 173 Å². The van der Waals surface area contributed by atoms with E-state index in [1.54, 1.807) is 0 Å². The van der Waals surface area contributed by atoms with Crippen molar-refractivity contribution in [1.29, 1.82) is 0 Å². The zero-order valence-electron chi connectivity index (χ0n) is 16.0. The molecule has 3 rings (SSSR count). The molecule has 6 nitrogen and oxygen atoms in total. The average Bonchev–Trinajstić information content (AvgIpc) is 3.18. The summed E-state index contributed by atoms with van der Waals surface area (Å²) in [6.45, 7) is 0.377. The summed E-state index contributed by atoms with van der Waals surface area (Å²) in [5.41, 5.74) is -2.31. The Morgan fingerprint density at radius 2 is 1.58 bits per heavy atom. The molecule has 1 amide bonds. The fourth-order valence-corrected chi connectivity index (χ4v) is 2.69. The Hall–Kier alpha value is -3.50. The normalized spacial score (nSPS) is 11.4. The van der Waals surface area contributed by atoms with Gasteiger partial charge >= 0.3 is 6.18 Å². The highest BCUT2D eigenvalue weighted by Gasteiger charge is 2.41. The number of unbranched alkanes of at least 4 members (excludes halogenated alkanes) is 1. The third-order valence-corrected chi connectivity index (χ3v) is 4.16. The fraction of sp³-hybridized carbons (Fsp3) is 0.250. The topological polar surface area (TPSA) is 69.0 Å². The Bertz CT molecular complexity index is 1020. The molecule has 1 aromatic heterocycles. The fourth-order valence-electron chi connectivity index (χ4n) is 2.69. The highest BCUT2D eigenvalue weighted by Crippen LogP contribution is 2.32. The molecular weight excluding hydrogens is 423 g/mol. The molecule has 3 aromatic rings. The molecule has 31 heavy (non-hydrogen) atoms. The molecule has 0 saturated heterocycles. The molecule has 0 radical (unpaired) electrons. The van der Waals surface area contributed by atoms with Gasteiger partial charge in [0.2, 0.25) is 0 Å². The van der Waals surface area contributed by atoms with Gasteiger partial charge < -0.3 is 10.1 Å². The van der Waals surface area contributed by atoms with E-state index in [2.05, 4.69) is 15.6 Å². The zero-order valence-corrected chi connectivity index (χ0v) is 16.0. The van der Waals surface area contributed by atoms with Crippen molar-refractivity contribution in [1.82, 2.24) is 20.3 Å². The lowest BCUT2D eigenvalue weighted by Gasteiger charge is -2.11. The third kappa shape index (κ3) is 5.77. The second kappa shape index (κ2) is 9.54. The van der Waals surface area contributed by atoms with E-state index in [0.29, 0.717) is 23.3 Å². The first-order chi connectivity index (χ1) is 14.8. The standard InChI is InChI=1S/C20H17F5N4O2/c21-13-3-7-15(8-4-13)29-18(20(23,24)25)17(27-28-29)19(30)26-11-1-2-12-31-16-9-5-14(22)6-10-16/h3-10H,1-2,11-12H2,(H,26,30). The number of hydrogen-bond donors (Lipinski definition) is 1. The van der Waals surface area contributed by atoms with E-state index in [9.17, 15) is 26.7 Å². The van der Waals surface area contributed by atoms with Crippen LogP contribution < -0.4 is 10.1 Å². The Morgan fingerprint density at radius 3 is 2.19 bits per heavy atom. The molecule has 0 atom stereocenters. The summed E-state index contributed by atoms with van der Waals surface area (Å²) in [5.74, 6) is -1.55. The SMILES string of the molecule is O=C(NCCCCOc1ccc(F)cc1)c1nnn(-c2ccc(F)cc2)c1C(F)(F)F. The number of amides is 1. The van der Waals surface area contributed by atoms with Crippen molar-refractivity contribution >= 4 is 5.91 Å². The van der Waals surface area contributed by atoms with E-state index in [1.165, 1.54) is 24.3 Å². The summed E-state index contributed by atoms with van der Waals surface area (Å²) in [7, 11) is 0. The van der Waals surface area contributed by atoms with Gasteiger partial charge in [-0.1, -0.05) is 5.21 Å². The predicted octanol–water partition coefficient (Wildman–Crippen LogP) is 4.15. The molecule has 0 aliphatic carbocycles. The summed E-state index contributed by atoms with van der Waals surface area (Å²) in [6, 6.07) is 9.61. The molecule has 0 saturated carbocycles. The molecule has 0 aliphatic rings.